The highest BCUT2D eigenvalue weighted by atomic mass is 79.9. The molecule has 1 aliphatic carbocycles. The normalized spacial score (nSPS) is 15.4. The van der Waals surface area contributed by atoms with Crippen LogP contribution >= 0.6 is 15.9 Å². The van der Waals surface area contributed by atoms with Crippen molar-refractivity contribution in [2.45, 2.75) is 38.6 Å². The maximum atomic E-state index is 5.29. The lowest BCUT2D eigenvalue weighted by Crippen LogP contribution is -2.17. The Labute approximate surface area is 133 Å². The molecule has 4 nitrogen and oxygen atoms in total. The van der Waals surface area contributed by atoms with E-state index in [1.54, 1.807) is 7.11 Å². The van der Waals surface area contributed by atoms with Crippen molar-refractivity contribution in [2.24, 2.45) is 0 Å². The molecule has 0 amide bonds. The highest BCUT2D eigenvalue weighted by Crippen LogP contribution is 2.29. The Morgan fingerprint density at radius 2 is 2.10 bits per heavy atom. The molecule has 1 fully saturated rings. The van der Waals surface area contributed by atoms with Gasteiger partial charge >= 0.3 is 0 Å². The van der Waals surface area contributed by atoms with Crippen LogP contribution in [0.1, 0.15) is 31.4 Å². The molecule has 0 radical (unpaired) electrons. The zero-order valence-electron chi connectivity index (χ0n) is 12.4. The maximum Gasteiger partial charge on any atom is 0.207 e. The van der Waals surface area contributed by atoms with Crippen LogP contribution in [0.15, 0.2) is 28.9 Å². The van der Waals surface area contributed by atoms with Crippen LogP contribution in [0.2, 0.25) is 0 Å². The van der Waals surface area contributed by atoms with Gasteiger partial charge in [-0.2, -0.15) is 0 Å². The number of nitrogens with zero attached hydrogens (tertiary/aromatic N) is 2. The molecule has 0 bridgehead atoms. The average molecular weight is 350 g/mol. The van der Waals surface area contributed by atoms with Crippen molar-refractivity contribution in [1.82, 2.24) is 9.55 Å². The first-order chi connectivity index (χ1) is 10.2. The number of hydrogen-bond donors (Lipinski definition) is 1. The summed E-state index contributed by atoms with van der Waals surface area (Å²) in [5.74, 6) is 1.76. The average Bonchev–Trinajstić information content (AvgIpc) is 3.09. The Morgan fingerprint density at radius 3 is 2.76 bits per heavy atom. The monoisotopic (exact) mass is 349 g/mol. The van der Waals surface area contributed by atoms with Crippen molar-refractivity contribution in [3.63, 3.8) is 0 Å². The van der Waals surface area contributed by atoms with Crippen LogP contribution in [-0.2, 0) is 0 Å². The van der Waals surface area contributed by atoms with Crippen LogP contribution < -0.4 is 10.1 Å². The van der Waals surface area contributed by atoms with Crippen molar-refractivity contribution in [2.75, 3.05) is 12.4 Å². The molecule has 0 spiro atoms. The maximum absolute atomic E-state index is 5.29. The highest BCUT2D eigenvalue weighted by Gasteiger charge is 2.18. The summed E-state index contributed by atoms with van der Waals surface area (Å²) < 4.78 is 8.35. The zero-order chi connectivity index (χ0) is 14.8. The van der Waals surface area contributed by atoms with Gasteiger partial charge in [0.2, 0.25) is 5.95 Å². The third-order valence-electron chi connectivity index (χ3n) is 3.93. The highest BCUT2D eigenvalue weighted by molar-refractivity contribution is 9.10. The first-order valence-corrected chi connectivity index (χ1v) is 8.13. The fraction of sp³-hybridized carbons (Fsp3) is 0.438. The number of nitrogens with one attached hydrogen (secondary N) is 1. The van der Waals surface area contributed by atoms with Crippen molar-refractivity contribution < 1.29 is 4.74 Å². The van der Waals surface area contributed by atoms with Gasteiger partial charge in [0.05, 0.1) is 17.3 Å². The quantitative estimate of drug-likeness (QED) is 0.893. The lowest BCUT2D eigenvalue weighted by molar-refractivity contribution is 0.412. The molecule has 21 heavy (non-hydrogen) atoms. The van der Waals surface area contributed by atoms with Gasteiger partial charge in [0.1, 0.15) is 5.75 Å². The summed E-state index contributed by atoms with van der Waals surface area (Å²) >= 11 is 3.54. The molecule has 3 rings (SSSR count). The molecule has 0 atom stereocenters. The molecule has 1 heterocycles. The second kappa shape index (κ2) is 6.10. The van der Waals surface area contributed by atoms with E-state index >= 15 is 0 Å². The van der Waals surface area contributed by atoms with Gasteiger partial charge in [-0.05, 0) is 53.9 Å². The van der Waals surface area contributed by atoms with Gasteiger partial charge in [-0.15, -0.1) is 0 Å². The SMILES string of the molecule is COc1ccc(-n2cc(C)nc2NC2CCCC2)cc1Br. The fourth-order valence-electron chi connectivity index (χ4n) is 2.85. The lowest BCUT2D eigenvalue weighted by atomic mass is 10.2. The molecule has 2 aromatic rings. The first-order valence-electron chi connectivity index (χ1n) is 7.34. The number of ether oxygens (including phenoxy) is 1. The number of methoxy groups -OCH3 is 1. The second-order valence-electron chi connectivity index (χ2n) is 5.52. The molecule has 5 heteroatoms. The van der Waals surface area contributed by atoms with Gasteiger partial charge in [-0.25, -0.2) is 4.98 Å². The van der Waals surface area contributed by atoms with Crippen molar-refractivity contribution >= 4 is 21.9 Å². The van der Waals surface area contributed by atoms with Crippen LogP contribution in [0, 0.1) is 6.92 Å². The van der Waals surface area contributed by atoms with E-state index in [0.29, 0.717) is 6.04 Å². The van der Waals surface area contributed by atoms with Crippen LogP contribution in [0.25, 0.3) is 5.69 Å². The molecular weight excluding hydrogens is 330 g/mol. The molecule has 112 valence electrons. The van der Waals surface area contributed by atoms with E-state index in [9.17, 15) is 0 Å². The topological polar surface area (TPSA) is 39.1 Å². The summed E-state index contributed by atoms with van der Waals surface area (Å²) in [6, 6.07) is 6.62. The minimum absolute atomic E-state index is 0.548. The Hall–Kier alpha value is -1.49. The Kier molecular flexibility index (Phi) is 4.19. The van der Waals surface area contributed by atoms with Gasteiger partial charge in [-0.3, -0.25) is 4.57 Å². The number of aromatic nitrogens is 2. The van der Waals surface area contributed by atoms with Gasteiger partial charge in [0.25, 0.3) is 0 Å². The molecule has 1 aromatic carbocycles. The third kappa shape index (κ3) is 3.07. The predicted molar refractivity (Wildman–Crippen MR) is 88.4 cm³/mol. The Bertz CT molecular complexity index is 632. The standard InChI is InChI=1S/C16H20BrN3O/c1-11-10-20(13-7-8-15(21-2)14(17)9-13)16(18-11)19-12-5-3-4-6-12/h7-10,12H,3-6H2,1-2H3,(H,18,19). The predicted octanol–water partition coefficient (Wildman–Crippen LogP) is 4.31. The van der Waals surface area contributed by atoms with Crippen molar-refractivity contribution in [1.29, 1.82) is 0 Å². The molecule has 0 saturated heterocycles. The minimum atomic E-state index is 0.548. The van der Waals surface area contributed by atoms with Gasteiger partial charge in [0, 0.05) is 17.9 Å². The lowest BCUT2D eigenvalue weighted by Gasteiger charge is -2.15. The van der Waals surface area contributed by atoms with Crippen LogP contribution in [0.3, 0.4) is 0 Å². The van der Waals surface area contributed by atoms with Gasteiger partial charge in [0.15, 0.2) is 0 Å². The molecule has 1 N–H and O–H groups in total. The van der Waals surface area contributed by atoms with Crippen molar-refractivity contribution in [3.05, 3.63) is 34.6 Å². The number of rotatable bonds is 4. The van der Waals surface area contributed by atoms with Crippen molar-refractivity contribution in [3.8, 4) is 11.4 Å². The van der Waals surface area contributed by atoms with E-state index in [-0.39, 0.29) is 0 Å². The molecule has 1 aliphatic rings. The number of aryl methyl sites for hydroxylation is 1. The van der Waals surface area contributed by atoms with Crippen LogP contribution in [0.5, 0.6) is 5.75 Å². The smallest absolute Gasteiger partial charge is 0.207 e. The van der Waals surface area contributed by atoms with E-state index in [2.05, 4.69) is 43.1 Å². The zero-order valence-corrected chi connectivity index (χ0v) is 14.0. The summed E-state index contributed by atoms with van der Waals surface area (Å²) in [6.07, 6.45) is 7.15. The van der Waals surface area contributed by atoms with Crippen LogP contribution in [-0.4, -0.2) is 22.7 Å². The van der Waals surface area contributed by atoms with E-state index < -0.39 is 0 Å². The number of imidazole rings is 1. The van der Waals surface area contributed by atoms with E-state index in [1.807, 2.05) is 19.1 Å². The molecular formula is C16H20BrN3O. The summed E-state index contributed by atoms with van der Waals surface area (Å²) in [5.41, 5.74) is 2.09. The largest absolute Gasteiger partial charge is 0.496 e. The van der Waals surface area contributed by atoms with E-state index in [4.69, 9.17) is 4.74 Å². The Morgan fingerprint density at radius 1 is 1.33 bits per heavy atom. The molecule has 0 unspecified atom stereocenters. The van der Waals surface area contributed by atoms with E-state index in [1.165, 1.54) is 25.7 Å². The van der Waals surface area contributed by atoms with E-state index in [0.717, 1.165) is 27.6 Å². The molecule has 0 aliphatic heterocycles. The summed E-state index contributed by atoms with van der Waals surface area (Å²) in [5, 5.41) is 3.58. The number of anilines is 1. The third-order valence-corrected chi connectivity index (χ3v) is 4.55. The first kappa shape index (κ1) is 14.4. The number of halogens is 1. The second-order valence-corrected chi connectivity index (χ2v) is 6.37. The molecule has 1 saturated carbocycles. The molecule has 1 aromatic heterocycles. The Balaban J connectivity index is 1.92. The summed E-state index contributed by atoms with van der Waals surface area (Å²) in [4.78, 5) is 4.63. The summed E-state index contributed by atoms with van der Waals surface area (Å²) in [7, 11) is 1.67. The fourth-order valence-corrected chi connectivity index (χ4v) is 3.38. The number of benzene rings is 1. The van der Waals surface area contributed by atoms with Gasteiger partial charge in [-0.1, -0.05) is 12.8 Å². The van der Waals surface area contributed by atoms with Gasteiger partial charge < -0.3 is 10.1 Å². The number of hydrogen-bond acceptors (Lipinski definition) is 3. The minimum Gasteiger partial charge on any atom is -0.496 e. The summed E-state index contributed by atoms with van der Waals surface area (Å²) in [6.45, 7) is 2.02. The van der Waals surface area contributed by atoms with Crippen LogP contribution in [0.4, 0.5) is 5.95 Å².